The zero-order chi connectivity index (χ0) is 22.2. The Balaban J connectivity index is 1.62. The molecule has 2 amide bonds. The van der Waals surface area contributed by atoms with E-state index in [4.69, 9.17) is 16.3 Å². The van der Waals surface area contributed by atoms with Crippen molar-refractivity contribution in [3.63, 3.8) is 0 Å². The molecule has 3 rings (SSSR count). The first-order chi connectivity index (χ1) is 14.9. The molecule has 0 radical (unpaired) electrons. The van der Waals surface area contributed by atoms with Crippen LogP contribution >= 0.6 is 11.6 Å². The molecule has 0 aromatic heterocycles. The predicted molar refractivity (Wildman–Crippen MR) is 118 cm³/mol. The number of aryl methyl sites for hydroxylation is 1. The molecule has 0 heterocycles. The average molecular weight is 436 g/mol. The molecule has 0 atom stereocenters. The van der Waals surface area contributed by atoms with Gasteiger partial charge >= 0.3 is 17.8 Å². The summed E-state index contributed by atoms with van der Waals surface area (Å²) in [7, 11) is 0. The first-order valence-corrected chi connectivity index (χ1v) is 9.58. The summed E-state index contributed by atoms with van der Waals surface area (Å²) in [4.78, 5) is 36.2. The second-order valence-corrected chi connectivity index (χ2v) is 6.89. The molecule has 31 heavy (non-hydrogen) atoms. The number of hydrazone groups is 1. The van der Waals surface area contributed by atoms with Crippen molar-refractivity contribution in [3.05, 3.63) is 94.5 Å². The molecule has 0 saturated carbocycles. The van der Waals surface area contributed by atoms with Gasteiger partial charge in [-0.05, 0) is 49.4 Å². The molecule has 0 aliphatic rings. The van der Waals surface area contributed by atoms with Crippen molar-refractivity contribution in [3.8, 4) is 5.75 Å². The highest BCUT2D eigenvalue weighted by Gasteiger charge is 2.14. The molecular weight excluding hydrogens is 418 g/mol. The number of hydrogen-bond acceptors (Lipinski definition) is 5. The van der Waals surface area contributed by atoms with Crippen LogP contribution in [0.3, 0.4) is 0 Å². The minimum Gasteiger partial charge on any atom is -0.422 e. The zero-order valence-corrected chi connectivity index (χ0v) is 17.2. The third kappa shape index (κ3) is 6.25. The summed E-state index contributed by atoms with van der Waals surface area (Å²) in [5.41, 5.74) is 4.38. The van der Waals surface area contributed by atoms with Crippen molar-refractivity contribution in [2.45, 2.75) is 6.92 Å². The highest BCUT2D eigenvalue weighted by atomic mass is 35.5. The van der Waals surface area contributed by atoms with Crippen molar-refractivity contribution in [1.29, 1.82) is 0 Å². The Morgan fingerprint density at radius 2 is 1.68 bits per heavy atom. The highest BCUT2D eigenvalue weighted by molar-refractivity contribution is 6.39. The van der Waals surface area contributed by atoms with Crippen molar-refractivity contribution in [1.82, 2.24) is 5.43 Å². The molecule has 0 bridgehead atoms. The molecule has 8 heteroatoms. The molecule has 2 N–H and O–H groups in total. The van der Waals surface area contributed by atoms with Gasteiger partial charge in [-0.3, -0.25) is 9.59 Å². The largest absolute Gasteiger partial charge is 0.422 e. The number of esters is 1. The van der Waals surface area contributed by atoms with Gasteiger partial charge in [-0.25, -0.2) is 10.2 Å². The van der Waals surface area contributed by atoms with Crippen LogP contribution < -0.4 is 15.5 Å². The van der Waals surface area contributed by atoms with Crippen LogP contribution in [0.5, 0.6) is 5.75 Å². The van der Waals surface area contributed by atoms with Crippen LogP contribution in [0.25, 0.3) is 0 Å². The minimum absolute atomic E-state index is 0.259. The zero-order valence-electron chi connectivity index (χ0n) is 16.5. The lowest BCUT2D eigenvalue weighted by atomic mass is 10.1. The van der Waals surface area contributed by atoms with Crippen molar-refractivity contribution < 1.29 is 19.1 Å². The SMILES string of the molecule is Cc1ccc(C(=O)Oc2ccccc2/C=N/NC(=O)C(=O)Nc2cccc(Cl)c2)cc1. The fourth-order valence-corrected chi connectivity index (χ4v) is 2.68. The summed E-state index contributed by atoms with van der Waals surface area (Å²) in [5, 5.41) is 6.61. The first-order valence-electron chi connectivity index (χ1n) is 9.20. The number of anilines is 1. The van der Waals surface area contributed by atoms with Gasteiger partial charge < -0.3 is 10.1 Å². The quantitative estimate of drug-likeness (QED) is 0.208. The molecule has 0 saturated heterocycles. The number of ether oxygens (including phenoxy) is 1. The van der Waals surface area contributed by atoms with Crippen LogP contribution in [0.4, 0.5) is 5.69 Å². The van der Waals surface area contributed by atoms with Gasteiger partial charge in [0, 0.05) is 16.3 Å². The van der Waals surface area contributed by atoms with Crippen LogP contribution in [0, 0.1) is 6.92 Å². The van der Waals surface area contributed by atoms with Gasteiger partial charge in [0.05, 0.1) is 11.8 Å². The normalized spacial score (nSPS) is 10.5. The average Bonchev–Trinajstić information content (AvgIpc) is 2.75. The van der Waals surface area contributed by atoms with Gasteiger partial charge in [0.2, 0.25) is 0 Å². The lowest BCUT2D eigenvalue weighted by Gasteiger charge is -2.07. The summed E-state index contributed by atoms with van der Waals surface area (Å²) in [6.07, 6.45) is 1.28. The van der Waals surface area contributed by atoms with E-state index < -0.39 is 17.8 Å². The van der Waals surface area contributed by atoms with E-state index in [2.05, 4.69) is 15.8 Å². The molecule has 3 aromatic rings. The molecule has 3 aromatic carbocycles. The maximum absolute atomic E-state index is 12.3. The number of carbonyl (C=O) groups excluding carboxylic acids is 3. The van der Waals surface area contributed by atoms with Crippen LogP contribution in [0.2, 0.25) is 5.02 Å². The van der Waals surface area contributed by atoms with E-state index >= 15 is 0 Å². The first kappa shape index (κ1) is 21.7. The number of halogens is 1. The van der Waals surface area contributed by atoms with Crippen LogP contribution in [-0.4, -0.2) is 24.0 Å². The van der Waals surface area contributed by atoms with Gasteiger partial charge in [-0.15, -0.1) is 0 Å². The summed E-state index contributed by atoms with van der Waals surface area (Å²) < 4.78 is 5.43. The molecule has 156 valence electrons. The van der Waals surface area contributed by atoms with Gasteiger partial charge in [-0.1, -0.05) is 47.5 Å². The number of benzene rings is 3. The maximum atomic E-state index is 12.3. The Bertz CT molecular complexity index is 1140. The van der Waals surface area contributed by atoms with Gasteiger partial charge in [-0.2, -0.15) is 5.10 Å². The molecule has 0 unspecified atom stereocenters. The number of carbonyl (C=O) groups is 3. The van der Waals surface area contributed by atoms with Crippen LogP contribution in [-0.2, 0) is 9.59 Å². The van der Waals surface area contributed by atoms with Crippen molar-refractivity contribution >= 4 is 41.3 Å². The van der Waals surface area contributed by atoms with E-state index in [0.717, 1.165) is 5.56 Å². The van der Waals surface area contributed by atoms with Gasteiger partial charge in [0.15, 0.2) is 0 Å². The number of nitrogens with one attached hydrogen (secondary N) is 2. The van der Waals surface area contributed by atoms with Gasteiger partial charge in [0.1, 0.15) is 5.75 Å². The molecule has 0 aliphatic heterocycles. The minimum atomic E-state index is -0.967. The fourth-order valence-electron chi connectivity index (χ4n) is 2.49. The van der Waals surface area contributed by atoms with Crippen molar-refractivity contribution in [2.75, 3.05) is 5.32 Å². The number of hydrogen-bond donors (Lipinski definition) is 2. The summed E-state index contributed by atoms with van der Waals surface area (Å²) in [6.45, 7) is 1.92. The predicted octanol–water partition coefficient (Wildman–Crippen LogP) is 3.96. The topological polar surface area (TPSA) is 96.9 Å². The lowest BCUT2D eigenvalue weighted by Crippen LogP contribution is -2.32. The van der Waals surface area contributed by atoms with E-state index in [9.17, 15) is 14.4 Å². The molecule has 0 spiro atoms. The number of amides is 2. The Labute approximate surface area is 183 Å². The molecule has 7 nitrogen and oxygen atoms in total. The number of para-hydroxylation sites is 1. The second-order valence-electron chi connectivity index (χ2n) is 6.46. The Kier molecular flexibility index (Phi) is 7.13. The monoisotopic (exact) mass is 435 g/mol. The summed E-state index contributed by atoms with van der Waals surface area (Å²) in [5.74, 6) is -2.14. The fraction of sp³-hybridized carbons (Fsp3) is 0.0435. The summed E-state index contributed by atoms with van der Waals surface area (Å²) in [6, 6.07) is 20.0. The van der Waals surface area contributed by atoms with E-state index in [1.807, 2.05) is 19.1 Å². The number of rotatable bonds is 5. The maximum Gasteiger partial charge on any atom is 0.343 e. The Morgan fingerprint density at radius 1 is 0.935 bits per heavy atom. The van der Waals surface area contributed by atoms with E-state index in [-0.39, 0.29) is 5.75 Å². The standard InChI is InChI=1S/C23H18ClN3O4/c1-15-9-11-16(12-10-15)23(30)31-20-8-3-2-5-17(20)14-25-27-22(29)21(28)26-19-7-4-6-18(24)13-19/h2-14H,1H3,(H,26,28)(H,27,29)/b25-14+. The Hall–Kier alpha value is -3.97. The van der Waals surface area contributed by atoms with E-state index in [0.29, 0.717) is 21.8 Å². The second kappa shape index (κ2) is 10.2. The van der Waals surface area contributed by atoms with Crippen LogP contribution in [0.1, 0.15) is 21.5 Å². The van der Waals surface area contributed by atoms with E-state index in [1.54, 1.807) is 54.6 Å². The third-order valence-corrected chi connectivity index (χ3v) is 4.30. The molecular formula is C23H18ClN3O4. The van der Waals surface area contributed by atoms with Gasteiger partial charge in [0.25, 0.3) is 0 Å². The smallest absolute Gasteiger partial charge is 0.343 e. The molecule has 0 fully saturated rings. The Morgan fingerprint density at radius 3 is 2.42 bits per heavy atom. The van der Waals surface area contributed by atoms with E-state index in [1.165, 1.54) is 12.3 Å². The van der Waals surface area contributed by atoms with Crippen LogP contribution in [0.15, 0.2) is 77.9 Å². The highest BCUT2D eigenvalue weighted by Crippen LogP contribution is 2.18. The number of nitrogens with zero attached hydrogens (tertiary/aromatic N) is 1. The third-order valence-electron chi connectivity index (χ3n) is 4.07. The van der Waals surface area contributed by atoms with Crippen molar-refractivity contribution in [2.24, 2.45) is 5.10 Å². The lowest BCUT2D eigenvalue weighted by molar-refractivity contribution is -0.136. The molecule has 0 aliphatic carbocycles. The summed E-state index contributed by atoms with van der Waals surface area (Å²) >= 11 is 5.84.